The van der Waals surface area contributed by atoms with Gasteiger partial charge in [0.25, 0.3) is 5.91 Å². The summed E-state index contributed by atoms with van der Waals surface area (Å²) in [5.41, 5.74) is 1.98. The second kappa shape index (κ2) is 5.03. The second-order valence-corrected chi connectivity index (χ2v) is 7.63. The Morgan fingerprint density at radius 1 is 1.29 bits per heavy atom. The van der Waals surface area contributed by atoms with E-state index in [1.807, 2.05) is 17.7 Å². The molecule has 0 aliphatic carbocycles. The summed E-state index contributed by atoms with van der Waals surface area (Å²) in [6.07, 6.45) is 1.98. The monoisotopic (exact) mass is 330 g/mol. The number of likely N-dealkylation sites (N-methyl/N-ethyl adjacent to an activating group) is 2. The Hall–Kier alpha value is -2.44. The van der Waals surface area contributed by atoms with Gasteiger partial charge in [-0.15, -0.1) is 0 Å². The Morgan fingerprint density at radius 2 is 1.92 bits per heavy atom. The predicted octanol–water partition coefficient (Wildman–Crippen LogP) is 1.76. The lowest BCUT2D eigenvalue weighted by Gasteiger charge is -2.30. The highest BCUT2D eigenvalue weighted by Crippen LogP contribution is 2.33. The van der Waals surface area contributed by atoms with Gasteiger partial charge in [-0.1, -0.05) is 32.3 Å². The summed E-state index contributed by atoms with van der Waals surface area (Å²) in [5, 5.41) is 0. The van der Waals surface area contributed by atoms with E-state index in [1.165, 1.54) is 11.9 Å². The van der Waals surface area contributed by atoms with E-state index >= 15 is 0 Å². The summed E-state index contributed by atoms with van der Waals surface area (Å²) in [6, 6.07) is -0.941. The highest BCUT2D eigenvalue weighted by atomic mass is 16.2. The predicted molar refractivity (Wildman–Crippen MR) is 90.2 cm³/mol. The van der Waals surface area contributed by atoms with Crippen molar-refractivity contribution in [3.8, 4) is 0 Å². The number of hydrogen-bond acceptors (Lipinski definition) is 3. The molecule has 0 aromatic carbocycles. The minimum absolute atomic E-state index is 0.103. The van der Waals surface area contributed by atoms with Gasteiger partial charge in [-0.05, 0) is 12.5 Å². The summed E-state index contributed by atoms with van der Waals surface area (Å²) in [5.74, 6) is 0.911. The maximum absolute atomic E-state index is 12.7. The quantitative estimate of drug-likeness (QED) is 0.613. The average Bonchev–Trinajstić information content (AvgIpc) is 2.99. The van der Waals surface area contributed by atoms with Crippen LogP contribution < -0.4 is 4.57 Å². The fraction of sp³-hybridized carbons (Fsp3) is 0.529. The van der Waals surface area contributed by atoms with Gasteiger partial charge in [0.2, 0.25) is 11.9 Å². The van der Waals surface area contributed by atoms with E-state index in [2.05, 4.69) is 36.9 Å². The summed E-state index contributed by atoms with van der Waals surface area (Å²) in [6.45, 7) is 13.0. The second-order valence-electron chi connectivity index (χ2n) is 7.63. The van der Waals surface area contributed by atoms with Crippen LogP contribution in [-0.4, -0.2) is 46.2 Å². The number of amidine groups is 1. The third kappa shape index (κ3) is 2.18. The molecule has 3 rings (SSSR count). The molecule has 0 radical (unpaired) electrons. The lowest BCUT2D eigenvalue weighted by Crippen LogP contribution is -2.61. The molecule has 7 nitrogen and oxygen atoms in total. The van der Waals surface area contributed by atoms with E-state index in [1.54, 1.807) is 7.05 Å². The molecule has 0 bridgehead atoms. The van der Waals surface area contributed by atoms with Crippen molar-refractivity contribution in [2.75, 3.05) is 14.1 Å². The van der Waals surface area contributed by atoms with Gasteiger partial charge in [0.15, 0.2) is 0 Å². The lowest BCUT2D eigenvalue weighted by atomic mass is 9.92. The topological polar surface area (TPSA) is 61.8 Å². The first kappa shape index (κ1) is 16.4. The van der Waals surface area contributed by atoms with Crippen molar-refractivity contribution < 1.29 is 14.2 Å². The molecule has 7 heteroatoms. The Bertz CT molecular complexity index is 797. The molecule has 1 unspecified atom stereocenters. The molecule has 3 heterocycles. The van der Waals surface area contributed by atoms with Crippen molar-refractivity contribution in [3.05, 3.63) is 24.0 Å². The van der Waals surface area contributed by atoms with Crippen LogP contribution in [0.25, 0.3) is 0 Å². The normalized spacial score (nSPS) is 20.2. The zero-order chi connectivity index (χ0) is 18.0. The summed E-state index contributed by atoms with van der Waals surface area (Å²) in [4.78, 5) is 32.1. The van der Waals surface area contributed by atoms with E-state index in [0.29, 0.717) is 18.3 Å². The Labute approximate surface area is 141 Å². The van der Waals surface area contributed by atoms with Crippen LogP contribution in [0.5, 0.6) is 0 Å². The SMILES string of the molecule is C=C(C)Cn1c(C(C)(C)C)c[n+]2c1N=C1C2C(=O)N(C)C(=O)N1C. The van der Waals surface area contributed by atoms with Crippen LogP contribution in [0.1, 0.15) is 39.4 Å². The molecule has 0 spiro atoms. The van der Waals surface area contributed by atoms with Crippen molar-refractivity contribution >= 4 is 23.7 Å². The molecule has 1 fully saturated rings. The van der Waals surface area contributed by atoms with Gasteiger partial charge in [0.1, 0.15) is 11.9 Å². The Kier molecular flexibility index (Phi) is 3.44. The van der Waals surface area contributed by atoms with E-state index in [0.717, 1.165) is 16.2 Å². The molecule has 1 aromatic heterocycles. The molecular formula is C17H24N5O2+. The molecule has 128 valence electrons. The maximum atomic E-state index is 12.7. The molecular weight excluding hydrogens is 306 g/mol. The fourth-order valence-corrected chi connectivity index (χ4v) is 3.22. The van der Waals surface area contributed by atoms with Gasteiger partial charge in [-0.25, -0.2) is 13.9 Å². The van der Waals surface area contributed by atoms with Gasteiger partial charge in [-0.3, -0.25) is 14.6 Å². The molecule has 0 saturated carbocycles. The number of fused-ring (bicyclic) bond motifs is 3. The number of aliphatic imine (C=N–C) groups is 1. The van der Waals surface area contributed by atoms with Crippen molar-refractivity contribution in [1.29, 1.82) is 0 Å². The molecule has 1 saturated heterocycles. The van der Waals surface area contributed by atoms with E-state index in [9.17, 15) is 9.59 Å². The molecule has 1 aromatic rings. The number of imide groups is 1. The van der Waals surface area contributed by atoms with E-state index in [4.69, 9.17) is 0 Å². The van der Waals surface area contributed by atoms with Gasteiger partial charge in [0.05, 0.1) is 6.54 Å². The minimum atomic E-state index is -0.583. The number of imidazole rings is 1. The molecule has 0 N–H and O–H groups in total. The van der Waals surface area contributed by atoms with Crippen molar-refractivity contribution in [2.45, 2.75) is 45.7 Å². The zero-order valence-corrected chi connectivity index (χ0v) is 15.1. The van der Waals surface area contributed by atoms with Crippen molar-refractivity contribution in [1.82, 2.24) is 14.4 Å². The number of carbonyl (C=O) groups excluding carboxylic acids is 2. The lowest BCUT2D eigenvalue weighted by molar-refractivity contribution is -0.677. The smallest absolute Gasteiger partial charge is 0.270 e. The third-order valence-electron chi connectivity index (χ3n) is 4.44. The Balaban J connectivity index is 2.21. The summed E-state index contributed by atoms with van der Waals surface area (Å²) < 4.78 is 3.96. The number of amides is 3. The molecule has 2 aliphatic rings. The van der Waals surface area contributed by atoms with Crippen molar-refractivity contribution in [3.63, 3.8) is 0 Å². The minimum Gasteiger partial charge on any atom is -0.270 e. The molecule has 24 heavy (non-hydrogen) atoms. The van der Waals surface area contributed by atoms with Crippen LogP contribution in [0, 0.1) is 0 Å². The maximum Gasteiger partial charge on any atom is 0.402 e. The molecule has 3 amide bonds. The first-order valence-corrected chi connectivity index (χ1v) is 7.97. The van der Waals surface area contributed by atoms with Crippen LogP contribution in [0.4, 0.5) is 10.7 Å². The van der Waals surface area contributed by atoms with E-state index < -0.39 is 6.04 Å². The number of rotatable bonds is 2. The fourth-order valence-electron chi connectivity index (χ4n) is 3.22. The van der Waals surface area contributed by atoms with Crippen LogP contribution in [0.3, 0.4) is 0 Å². The van der Waals surface area contributed by atoms with Crippen LogP contribution in [-0.2, 0) is 16.8 Å². The highest BCUT2D eigenvalue weighted by molar-refractivity contribution is 6.18. The largest absolute Gasteiger partial charge is 0.402 e. The summed E-state index contributed by atoms with van der Waals surface area (Å²) in [7, 11) is 3.16. The number of aromatic nitrogens is 2. The van der Waals surface area contributed by atoms with E-state index in [-0.39, 0.29) is 17.4 Å². The van der Waals surface area contributed by atoms with Crippen LogP contribution >= 0.6 is 0 Å². The molecule has 1 atom stereocenters. The van der Waals surface area contributed by atoms with Gasteiger partial charge < -0.3 is 0 Å². The molecule has 2 aliphatic heterocycles. The summed E-state index contributed by atoms with van der Waals surface area (Å²) >= 11 is 0. The zero-order valence-electron chi connectivity index (χ0n) is 15.1. The number of carbonyl (C=O) groups is 2. The number of hydrogen-bond donors (Lipinski definition) is 0. The highest BCUT2D eigenvalue weighted by Gasteiger charge is 2.52. The van der Waals surface area contributed by atoms with Crippen LogP contribution in [0.15, 0.2) is 23.3 Å². The van der Waals surface area contributed by atoms with Crippen molar-refractivity contribution in [2.24, 2.45) is 4.99 Å². The number of urea groups is 1. The number of allylic oxidation sites excluding steroid dienone is 1. The number of nitrogens with zero attached hydrogens (tertiary/aromatic N) is 5. The average molecular weight is 330 g/mol. The Morgan fingerprint density at radius 3 is 2.46 bits per heavy atom. The standard InChI is InChI=1S/C17H24N5O2/c1-10(2)8-21-11(17(3,4)5)9-22-12-13(18-15(21)22)19(6)16(24)20(7)14(12)23/h9,12H,1,8H2,2-7H3/q+1. The van der Waals surface area contributed by atoms with Gasteiger partial charge in [0, 0.05) is 19.5 Å². The van der Waals surface area contributed by atoms with Gasteiger partial charge >= 0.3 is 12.0 Å². The first-order chi connectivity index (χ1) is 11.0. The van der Waals surface area contributed by atoms with Gasteiger partial charge in [-0.2, -0.15) is 0 Å². The third-order valence-corrected chi connectivity index (χ3v) is 4.44. The first-order valence-electron chi connectivity index (χ1n) is 7.97. The van der Waals surface area contributed by atoms with Crippen LogP contribution in [0.2, 0.25) is 0 Å².